The van der Waals surface area contributed by atoms with Crippen LogP contribution in [0.1, 0.15) is 22.3 Å². The van der Waals surface area contributed by atoms with Crippen molar-refractivity contribution in [2.45, 2.75) is 25.7 Å². The van der Waals surface area contributed by atoms with Crippen LogP contribution in [0.5, 0.6) is 0 Å². The maximum Gasteiger partial charge on any atom is 0.197 e. The Morgan fingerprint density at radius 3 is 1.62 bits per heavy atom. The van der Waals surface area contributed by atoms with Crippen molar-refractivity contribution < 1.29 is 0 Å². The normalized spacial score (nSPS) is 13.1. The fourth-order valence-corrected chi connectivity index (χ4v) is 5.66. The topological polar surface area (TPSA) is 151 Å². The smallest absolute Gasteiger partial charge is 0.197 e. The Balaban J connectivity index is 1.79. The molecule has 0 bridgehead atoms. The van der Waals surface area contributed by atoms with E-state index in [-0.39, 0.29) is 5.96 Å². The van der Waals surface area contributed by atoms with Crippen LogP contribution in [0.4, 0.5) is 22.7 Å². The second kappa shape index (κ2) is 7.42. The molecule has 0 unspecified atom stereocenters. The van der Waals surface area contributed by atoms with Crippen LogP contribution in [0, 0.1) is 5.41 Å². The van der Waals surface area contributed by atoms with Gasteiger partial charge in [0.05, 0.1) is 22.7 Å². The predicted molar refractivity (Wildman–Crippen MR) is 134 cm³/mol. The standard InChI is InChI=1S/C25H19N9/c26-25(27)34(23-17-5-1-3-13-7-9-15(21(13)17)11-19(23)30-32-28)24-18-6-2-4-14-8-10-16(22(14)18)12-20(24)31-33-29/h1-6,11-12H,7-10H2,(H3,26,27). The van der Waals surface area contributed by atoms with Gasteiger partial charge in [0, 0.05) is 20.6 Å². The van der Waals surface area contributed by atoms with E-state index in [1.807, 2.05) is 36.4 Å². The molecule has 4 aromatic carbocycles. The number of azide groups is 2. The van der Waals surface area contributed by atoms with E-state index >= 15 is 0 Å². The predicted octanol–water partition coefficient (Wildman–Crippen LogP) is 7.11. The van der Waals surface area contributed by atoms with Crippen molar-refractivity contribution in [1.29, 1.82) is 5.41 Å². The summed E-state index contributed by atoms with van der Waals surface area (Å²) >= 11 is 0. The fourth-order valence-electron chi connectivity index (χ4n) is 5.66. The molecule has 4 aromatic rings. The number of nitrogens with two attached hydrogens (primary N) is 1. The second-order valence-corrected chi connectivity index (χ2v) is 8.59. The molecule has 34 heavy (non-hydrogen) atoms. The van der Waals surface area contributed by atoms with Crippen LogP contribution in [-0.2, 0) is 25.7 Å². The van der Waals surface area contributed by atoms with E-state index in [0.29, 0.717) is 22.7 Å². The van der Waals surface area contributed by atoms with Crippen molar-refractivity contribution in [2.75, 3.05) is 4.90 Å². The zero-order valence-corrected chi connectivity index (χ0v) is 18.2. The molecule has 0 radical (unpaired) electrons. The lowest BCUT2D eigenvalue weighted by atomic mass is 9.98. The molecule has 9 heteroatoms. The first kappa shape index (κ1) is 19.9. The zero-order valence-electron chi connectivity index (χ0n) is 18.2. The third-order valence-corrected chi connectivity index (χ3v) is 6.88. The largest absolute Gasteiger partial charge is 0.369 e. The van der Waals surface area contributed by atoms with Crippen LogP contribution in [0.2, 0.25) is 0 Å². The first-order valence-electron chi connectivity index (χ1n) is 11.0. The summed E-state index contributed by atoms with van der Waals surface area (Å²) < 4.78 is 0. The summed E-state index contributed by atoms with van der Waals surface area (Å²) in [4.78, 5) is 7.70. The van der Waals surface area contributed by atoms with Crippen LogP contribution in [0.3, 0.4) is 0 Å². The molecule has 0 fully saturated rings. The Morgan fingerprint density at radius 2 is 1.21 bits per heavy atom. The molecule has 9 nitrogen and oxygen atoms in total. The van der Waals surface area contributed by atoms with Crippen molar-refractivity contribution in [2.24, 2.45) is 16.0 Å². The van der Waals surface area contributed by atoms with E-state index in [1.54, 1.807) is 4.90 Å². The molecule has 2 aliphatic rings. The molecule has 0 amide bonds. The molecule has 0 saturated carbocycles. The SMILES string of the molecule is [N-]=[N+]=Nc1cc2c3c(cccc3c1N(C(=N)N)c1c(N=[N+]=[N-])cc3c4c(cccc14)CC3)CC2. The minimum absolute atomic E-state index is 0.263. The van der Waals surface area contributed by atoms with Crippen LogP contribution in [0.25, 0.3) is 42.4 Å². The van der Waals surface area contributed by atoms with Gasteiger partial charge in [0.2, 0.25) is 0 Å². The molecule has 2 aliphatic carbocycles. The van der Waals surface area contributed by atoms with E-state index < -0.39 is 0 Å². The lowest BCUT2D eigenvalue weighted by molar-refractivity contribution is 1.02. The average molecular weight is 445 g/mol. The number of rotatable bonds is 4. The van der Waals surface area contributed by atoms with Gasteiger partial charge < -0.3 is 5.73 Å². The monoisotopic (exact) mass is 445 g/mol. The van der Waals surface area contributed by atoms with E-state index in [9.17, 15) is 11.1 Å². The van der Waals surface area contributed by atoms with Crippen molar-refractivity contribution >= 4 is 50.3 Å². The molecule has 0 spiro atoms. The van der Waals surface area contributed by atoms with Gasteiger partial charge in [-0.05, 0) is 81.9 Å². The van der Waals surface area contributed by atoms with Gasteiger partial charge in [0.1, 0.15) is 0 Å². The Labute approximate surface area is 194 Å². The van der Waals surface area contributed by atoms with Gasteiger partial charge in [0.15, 0.2) is 5.96 Å². The maximum absolute atomic E-state index is 9.36. The van der Waals surface area contributed by atoms with Crippen molar-refractivity contribution in [3.05, 3.63) is 91.7 Å². The number of hydrogen-bond donors (Lipinski definition) is 2. The molecule has 3 N–H and O–H groups in total. The minimum atomic E-state index is -0.263. The summed E-state index contributed by atoms with van der Waals surface area (Å²) in [5.74, 6) is -0.263. The summed E-state index contributed by atoms with van der Waals surface area (Å²) in [6.07, 6.45) is 3.51. The minimum Gasteiger partial charge on any atom is -0.369 e. The Kier molecular flexibility index (Phi) is 4.35. The molecule has 0 heterocycles. The van der Waals surface area contributed by atoms with Gasteiger partial charge in [-0.25, -0.2) is 0 Å². The van der Waals surface area contributed by atoms with E-state index in [2.05, 4.69) is 32.2 Å². The van der Waals surface area contributed by atoms with Gasteiger partial charge in [-0.3, -0.25) is 10.3 Å². The van der Waals surface area contributed by atoms with Gasteiger partial charge in [-0.1, -0.05) is 46.6 Å². The molecule has 0 atom stereocenters. The highest BCUT2D eigenvalue weighted by molar-refractivity contribution is 6.19. The van der Waals surface area contributed by atoms with Crippen molar-refractivity contribution in [3.63, 3.8) is 0 Å². The lowest BCUT2D eigenvalue weighted by Gasteiger charge is -2.29. The summed E-state index contributed by atoms with van der Waals surface area (Å²) in [7, 11) is 0. The summed E-state index contributed by atoms with van der Waals surface area (Å²) in [6.45, 7) is 0. The third-order valence-electron chi connectivity index (χ3n) is 6.88. The number of hydrogen-bond acceptors (Lipinski definition) is 3. The van der Waals surface area contributed by atoms with Gasteiger partial charge >= 0.3 is 0 Å². The summed E-state index contributed by atoms with van der Waals surface area (Å²) in [5, 5.41) is 20.5. The number of nitrogens with zero attached hydrogens (tertiary/aromatic N) is 7. The number of guanidine groups is 1. The zero-order chi connectivity index (χ0) is 23.4. The van der Waals surface area contributed by atoms with Crippen LogP contribution in [-0.4, -0.2) is 5.96 Å². The first-order valence-corrected chi connectivity index (χ1v) is 11.0. The molecular formula is C25H19N9. The Hall–Kier alpha value is -4.71. The van der Waals surface area contributed by atoms with E-state index in [0.717, 1.165) is 58.4 Å². The van der Waals surface area contributed by atoms with E-state index in [4.69, 9.17) is 11.1 Å². The third kappa shape index (κ3) is 2.72. The highest BCUT2D eigenvalue weighted by atomic mass is 15.3. The number of nitrogens with one attached hydrogen (secondary N) is 1. The van der Waals surface area contributed by atoms with Gasteiger partial charge in [-0.2, -0.15) is 0 Å². The quantitative estimate of drug-likeness (QED) is 0.113. The maximum atomic E-state index is 9.36. The van der Waals surface area contributed by atoms with Crippen LogP contribution < -0.4 is 10.6 Å². The average Bonchev–Trinajstić information content (AvgIpc) is 3.44. The fraction of sp³-hybridized carbons (Fsp3) is 0.160. The van der Waals surface area contributed by atoms with E-state index in [1.165, 1.54) is 11.1 Å². The van der Waals surface area contributed by atoms with Crippen LogP contribution >= 0.6 is 0 Å². The number of anilines is 2. The summed E-state index contributed by atoms with van der Waals surface area (Å²) in [5.41, 5.74) is 31.4. The molecule has 0 aromatic heterocycles. The molecule has 6 rings (SSSR count). The molecular weight excluding hydrogens is 426 g/mol. The number of benzene rings is 4. The van der Waals surface area contributed by atoms with Crippen molar-refractivity contribution in [3.8, 4) is 0 Å². The van der Waals surface area contributed by atoms with Crippen LogP contribution in [0.15, 0.2) is 58.8 Å². The first-order chi connectivity index (χ1) is 16.6. The Morgan fingerprint density at radius 1 is 0.765 bits per heavy atom. The highest BCUT2D eigenvalue weighted by Gasteiger charge is 2.28. The molecule has 164 valence electrons. The van der Waals surface area contributed by atoms with Crippen molar-refractivity contribution in [1.82, 2.24) is 0 Å². The Bertz CT molecular complexity index is 1540. The second-order valence-electron chi connectivity index (χ2n) is 8.59. The molecule has 0 saturated heterocycles. The lowest BCUT2D eigenvalue weighted by Crippen LogP contribution is -2.33. The van der Waals surface area contributed by atoms with Gasteiger partial charge in [0.25, 0.3) is 0 Å². The number of aryl methyl sites for hydroxylation is 4. The summed E-state index contributed by atoms with van der Waals surface area (Å²) in [6, 6.07) is 15.8. The highest BCUT2D eigenvalue weighted by Crippen LogP contribution is 2.50. The van der Waals surface area contributed by atoms with Gasteiger partial charge in [-0.15, -0.1) is 0 Å². The molecule has 0 aliphatic heterocycles.